The van der Waals surface area contributed by atoms with Gasteiger partial charge in [0, 0.05) is 5.56 Å². The van der Waals surface area contributed by atoms with E-state index in [4.69, 9.17) is 4.74 Å². The van der Waals surface area contributed by atoms with Crippen LogP contribution in [0.5, 0.6) is 5.75 Å². The van der Waals surface area contributed by atoms with Crippen molar-refractivity contribution < 1.29 is 9.53 Å². The van der Waals surface area contributed by atoms with Gasteiger partial charge < -0.3 is 4.74 Å². The third-order valence-corrected chi connectivity index (χ3v) is 3.48. The highest BCUT2D eigenvalue weighted by atomic mass is 32.1. The number of benzene rings is 1. The fourth-order valence-electron chi connectivity index (χ4n) is 1.90. The number of carbonyl (C=O) groups is 1. The van der Waals surface area contributed by atoms with Crippen molar-refractivity contribution in [1.29, 1.82) is 0 Å². The summed E-state index contributed by atoms with van der Waals surface area (Å²) in [7, 11) is 0. The van der Waals surface area contributed by atoms with Gasteiger partial charge in [0.2, 0.25) is 5.78 Å². The predicted octanol–water partition coefficient (Wildman–Crippen LogP) is 3.51. The molecule has 0 radical (unpaired) electrons. The summed E-state index contributed by atoms with van der Waals surface area (Å²) in [4.78, 5) is 13.1. The number of rotatable bonds is 6. The SMILES string of the molecule is CCCc1nnsc1C(=O)c1cccc(OC(C)C)c1. The Labute approximate surface area is 123 Å². The minimum absolute atomic E-state index is 0.0299. The third-order valence-electron chi connectivity index (χ3n) is 2.72. The maximum atomic E-state index is 12.5. The largest absolute Gasteiger partial charge is 0.491 e. The minimum atomic E-state index is -0.0299. The van der Waals surface area contributed by atoms with E-state index in [-0.39, 0.29) is 11.9 Å². The predicted molar refractivity (Wildman–Crippen MR) is 79.5 cm³/mol. The average molecular weight is 290 g/mol. The normalized spacial score (nSPS) is 10.8. The Kier molecular flexibility index (Phi) is 4.84. The molecule has 1 aromatic heterocycles. The van der Waals surface area contributed by atoms with Gasteiger partial charge in [0.1, 0.15) is 10.6 Å². The lowest BCUT2D eigenvalue weighted by molar-refractivity contribution is 0.104. The number of aromatic nitrogens is 2. The zero-order valence-corrected chi connectivity index (χ0v) is 12.7. The third kappa shape index (κ3) is 3.42. The van der Waals surface area contributed by atoms with Gasteiger partial charge in [-0.05, 0) is 43.9 Å². The van der Waals surface area contributed by atoms with Crippen molar-refractivity contribution in [3.05, 3.63) is 40.4 Å². The summed E-state index contributed by atoms with van der Waals surface area (Å²) >= 11 is 1.16. The smallest absolute Gasteiger partial charge is 0.206 e. The van der Waals surface area contributed by atoms with Crippen molar-refractivity contribution in [3.63, 3.8) is 0 Å². The van der Waals surface area contributed by atoms with Gasteiger partial charge >= 0.3 is 0 Å². The molecular formula is C15H18N2O2S. The van der Waals surface area contributed by atoms with E-state index in [1.165, 1.54) is 0 Å². The molecule has 20 heavy (non-hydrogen) atoms. The van der Waals surface area contributed by atoms with Crippen LogP contribution >= 0.6 is 11.5 Å². The molecule has 0 saturated heterocycles. The van der Waals surface area contributed by atoms with Gasteiger partial charge in [-0.15, -0.1) is 5.10 Å². The van der Waals surface area contributed by atoms with Crippen LogP contribution in [0.4, 0.5) is 0 Å². The number of ether oxygens (including phenoxy) is 1. The molecule has 0 fully saturated rings. The summed E-state index contributed by atoms with van der Waals surface area (Å²) < 4.78 is 9.52. The van der Waals surface area contributed by atoms with Gasteiger partial charge in [0.25, 0.3) is 0 Å². The fourth-order valence-corrected chi connectivity index (χ4v) is 2.57. The number of hydrogen-bond acceptors (Lipinski definition) is 5. The first-order valence-electron chi connectivity index (χ1n) is 6.74. The van der Waals surface area contributed by atoms with E-state index in [9.17, 15) is 4.79 Å². The quantitative estimate of drug-likeness (QED) is 0.764. The second-order valence-electron chi connectivity index (χ2n) is 4.82. The lowest BCUT2D eigenvalue weighted by Crippen LogP contribution is -2.07. The molecular weight excluding hydrogens is 272 g/mol. The van der Waals surface area contributed by atoms with Crippen LogP contribution in [-0.4, -0.2) is 21.5 Å². The molecule has 0 saturated carbocycles. The van der Waals surface area contributed by atoms with Crippen molar-refractivity contribution in [2.24, 2.45) is 0 Å². The Morgan fingerprint density at radius 3 is 2.90 bits per heavy atom. The molecule has 2 rings (SSSR count). The molecule has 0 bridgehead atoms. The number of hydrogen-bond donors (Lipinski definition) is 0. The molecule has 0 aliphatic carbocycles. The molecule has 0 spiro atoms. The van der Waals surface area contributed by atoms with E-state index in [2.05, 4.69) is 16.5 Å². The first kappa shape index (κ1) is 14.7. The van der Waals surface area contributed by atoms with E-state index in [0.717, 1.165) is 30.1 Å². The molecule has 0 atom stereocenters. The van der Waals surface area contributed by atoms with Crippen LogP contribution in [-0.2, 0) is 6.42 Å². The summed E-state index contributed by atoms with van der Waals surface area (Å²) in [5.74, 6) is 0.679. The Bertz CT molecular complexity index is 593. The number of ketones is 1. The first-order valence-corrected chi connectivity index (χ1v) is 7.51. The van der Waals surface area contributed by atoms with Crippen molar-refractivity contribution in [3.8, 4) is 5.75 Å². The van der Waals surface area contributed by atoms with Crippen LogP contribution < -0.4 is 4.74 Å². The van der Waals surface area contributed by atoms with Gasteiger partial charge in [0.15, 0.2) is 0 Å². The Hall–Kier alpha value is -1.75. The molecule has 0 aliphatic heterocycles. The van der Waals surface area contributed by atoms with Crippen LogP contribution in [0, 0.1) is 0 Å². The topological polar surface area (TPSA) is 52.1 Å². The highest BCUT2D eigenvalue weighted by molar-refractivity contribution is 7.08. The number of nitrogens with zero attached hydrogens (tertiary/aromatic N) is 2. The molecule has 1 heterocycles. The molecule has 5 heteroatoms. The van der Waals surface area contributed by atoms with E-state index in [1.54, 1.807) is 12.1 Å². The van der Waals surface area contributed by atoms with Crippen molar-refractivity contribution in [1.82, 2.24) is 9.59 Å². The number of aryl methyl sites for hydroxylation is 1. The average Bonchev–Trinajstić information content (AvgIpc) is 2.86. The molecule has 0 amide bonds. The molecule has 2 aromatic rings. The summed E-state index contributed by atoms with van der Waals surface area (Å²) in [6.07, 6.45) is 1.81. The van der Waals surface area contributed by atoms with Crippen LogP contribution in [0.3, 0.4) is 0 Å². The molecule has 106 valence electrons. The zero-order chi connectivity index (χ0) is 14.5. The van der Waals surface area contributed by atoms with E-state index < -0.39 is 0 Å². The van der Waals surface area contributed by atoms with E-state index in [0.29, 0.717) is 16.2 Å². The Balaban J connectivity index is 2.26. The van der Waals surface area contributed by atoms with Crippen molar-refractivity contribution >= 4 is 17.3 Å². The Morgan fingerprint density at radius 2 is 2.20 bits per heavy atom. The van der Waals surface area contributed by atoms with E-state index >= 15 is 0 Å². The van der Waals surface area contributed by atoms with Crippen LogP contribution in [0.25, 0.3) is 0 Å². The van der Waals surface area contributed by atoms with Crippen molar-refractivity contribution in [2.45, 2.75) is 39.7 Å². The lowest BCUT2D eigenvalue weighted by Gasteiger charge is -2.10. The maximum Gasteiger partial charge on any atom is 0.206 e. The Morgan fingerprint density at radius 1 is 1.40 bits per heavy atom. The number of carbonyl (C=O) groups excluding carboxylic acids is 1. The minimum Gasteiger partial charge on any atom is -0.491 e. The van der Waals surface area contributed by atoms with Crippen molar-refractivity contribution in [2.75, 3.05) is 0 Å². The van der Waals surface area contributed by atoms with E-state index in [1.807, 2.05) is 26.0 Å². The summed E-state index contributed by atoms with van der Waals surface area (Å²) in [6, 6.07) is 7.26. The van der Waals surface area contributed by atoms with Crippen LogP contribution in [0.15, 0.2) is 24.3 Å². The summed E-state index contributed by atoms with van der Waals surface area (Å²) in [6.45, 7) is 5.98. The molecule has 0 N–H and O–H groups in total. The highest BCUT2D eigenvalue weighted by Gasteiger charge is 2.18. The van der Waals surface area contributed by atoms with Gasteiger partial charge in [-0.1, -0.05) is 30.0 Å². The summed E-state index contributed by atoms with van der Waals surface area (Å²) in [5, 5.41) is 4.04. The monoisotopic (exact) mass is 290 g/mol. The lowest BCUT2D eigenvalue weighted by atomic mass is 10.1. The highest BCUT2D eigenvalue weighted by Crippen LogP contribution is 2.21. The second-order valence-corrected chi connectivity index (χ2v) is 5.58. The molecule has 4 nitrogen and oxygen atoms in total. The van der Waals surface area contributed by atoms with Gasteiger partial charge in [0.05, 0.1) is 11.8 Å². The second kappa shape index (κ2) is 6.61. The first-order chi connectivity index (χ1) is 9.61. The summed E-state index contributed by atoms with van der Waals surface area (Å²) in [5.41, 5.74) is 1.41. The molecule has 0 unspecified atom stereocenters. The molecule has 0 aliphatic rings. The van der Waals surface area contributed by atoms with Gasteiger partial charge in [-0.2, -0.15) is 0 Å². The van der Waals surface area contributed by atoms with Crippen LogP contribution in [0.2, 0.25) is 0 Å². The van der Waals surface area contributed by atoms with Crippen LogP contribution in [0.1, 0.15) is 48.1 Å². The van der Waals surface area contributed by atoms with Gasteiger partial charge in [-0.3, -0.25) is 4.79 Å². The maximum absolute atomic E-state index is 12.5. The van der Waals surface area contributed by atoms with Gasteiger partial charge in [-0.25, -0.2) is 0 Å². The zero-order valence-electron chi connectivity index (χ0n) is 11.9. The fraction of sp³-hybridized carbons (Fsp3) is 0.400. The molecule has 1 aromatic carbocycles. The standard InChI is InChI=1S/C15H18N2O2S/c1-4-6-13-15(20-17-16-13)14(18)11-7-5-8-12(9-11)19-10(2)3/h5,7-10H,4,6H2,1-3H3.